The Hall–Kier alpha value is -2.55. The van der Waals surface area contributed by atoms with Crippen LogP contribution >= 0.6 is 0 Å². The predicted octanol–water partition coefficient (Wildman–Crippen LogP) is 4.19. The molecule has 1 amide bonds. The molecule has 2 aromatic rings. The Labute approximate surface area is 125 Å². The van der Waals surface area contributed by atoms with Crippen molar-refractivity contribution in [2.45, 2.75) is 12.5 Å². The van der Waals surface area contributed by atoms with E-state index in [0.717, 1.165) is 16.7 Å². The number of amides is 1. The number of alkyl carbamates (subject to hydrolysis) is 1. The van der Waals surface area contributed by atoms with Crippen molar-refractivity contribution in [3.63, 3.8) is 0 Å². The van der Waals surface area contributed by atoms with Crippen LogP contribution in [0.5, 0.6) is 0 Å². The molecule has 1 atom stereocenters. The van der Waals surface area contributed by atoms with E-state index in [0.29, 0.717) is 6.42 Å². The van der Waals surface area contributed by atoms with E-state index in [2.05, 4.69) is 11.9 Å². The molecule has 3 heteroatoms. The van der Waals surface area contributed by atoms with Gasteiger partial charge in [0.2, 0.25) is 0 Å². The number of nitrogens with one attached hydrogen (secondary N) is 1. The fourth-order valence-corrected chi connectivity index (χ4v) is 2.18. The Morgan fingerprint density at radius 2 is 1.67 bits per heavy atom. The first kappa shape index (κ1) is 14.9. The Bertz CT molecular complexity index is 593. The van der Waals surface area contributed by atoms with Gasteiger partial charge in [-0.1, -0.05) is 67.2 Å². The number of carbonyl (C=O) groups is 1. The summed E-state index contributed by atoms with van der Waals surface area (Å²) >= 11 is 0. The second-order valence-electron chi connectivity index (χ2n) is 4.77. The monoisotopic (exact) mass is 281 g/mol. The summed E-state index contributed by atoms with van der Waals surface area (Å²) in [5, 5.41) is 2.86. The van der Waals surface area contributed by atoms with Gasteiger partial charge in [-0.3, -0.25) is 0 Å². The summed E-state index contributed by atoms with van der Waals surface area (Å²) in [4.78, 5) is 11.6. The van der Waals surface area contributed by atoms with Gasteiger partial charge >= 0.3 is 6.09 Å². The maximum absolute atomic E-state index is 11.6. The molecule has 2 aromatic carbocycles. The molecule has 1 N–H and O–H groups in total. The van der Waals surface area contributed by atoms with Gasteiger partial charge in [0.25, 0.3) is 0 Å². The van der Waals surface area contributed by atoms with Crippen LogP contribution in [0.2, 0.25) is 0 Å². The number of rotatable bonds is 5. The Morgan fingerprint density at radius 1 is 1.10 bits per heavy atom. The fourth-order valence-electron chi connectivity index (χ4n) is 2.18. The van der Waals surface area contributed by atoms with Crippen molar-refractivity contribution < 1.29 is 9.53 Å². The zero-order chi connectivity index (χ0) is 15.1. The predicted molar refractivity (Wildman–Crippen MR) is 84.8 cm³/mol. The van der Waals surface area contributed by atoms with E-state index in [1.807, 2.05) is 60.7 Å². The average Bonchev–Trinajstić information content (AvgIpc) is 2.55. The Morgan fingerprint density at radius 3 is 2.24 bits per heavy atom. The standard InChI is InChI=1S/C18H19NO2/c1-14(15-9-5-3-6-10-15)13-17(19-18(20)21-2)16-11-7-4-8-12-16/h3-12,17H,1,13H2,2H3,(H,19,20). The van der Waals surface area contributed by atoms with Crippen molar-refractivity contribution >= 4 is 11.7 Å². The van der Waals surface area contributed by atoms with Crippen LogP contribution in [0.25, 0.3) is 5.57 Å². The van der Waals surface area contributed by atoms with Crippen molar-refractivity contribution in [3.05, 3.63) is 78.4 Å². The third kappa shape index (κ3) is 4.21. The van der Waals surface area contributed by atoms with Gasteiger partial charge in [-0.2, -0.15) is 0 Å². The van der Waals surface area contributed by atoms with Crippen LogP contribution in [0.4, 0.5) is 4.79 Å². The van der Waals surface area contributed by atoms with Crippen molar-refractivity contribution in [1.29, 1.82) is 0 Å². The van der Waals surface area contributed by atoms with Gasteiger partial charge in [-0.05, 0) is 23.1 Å². The van der Waals surface area contributed by atoms with Crippen LogP contribution in [-0.2, 0) is 4.74 Å². The van der Waals surface area contributed by atoms with Crippen LogP contribution in [0, 0.1) is 0 Å². The van der Waals surface area contributed by atoms with E-state index in [4.69, 9.17) is 4.74 Å². The second kappa shape index (κ2) is 7.29. The minimum Gasteiger partial charge on any atom is -0.453 e. The number of carbonyl (C=O) groups excluding carboxylic acids is 1. The molecule has 0 heterocycles. The summed E-state index contributed by atoms with van der Waals surface area (Å²) in [6.45, 7) is 4.13. The van der Waals surface area contributed by atoms with Gasteiger partial charge in [-0.25, -0.2) is 4.79 Å². The lowest BCUT2D eigenvalue weighted by Gasteiger charge is -2.20. The molecule has 0 aliphatic heterocycles. The normalized spacial score (nSPS) is 11.5. The zero-order valence-corrected chi connectivity index (χ0v) is 12.1. The largest absolute Gasteiger partial charge is 0.453 e. The molecule has 1 unspecified atom stereocenters. The van der Waals surface area contributed by atoms with Gasteiger partial charge < -0.3 is 10.1 Å². The molecular formula is C18H19NO2. The van der Waals surface area contributed by atoms with Gasteiger partial charge in [0.1, 0.15) is 0 Å². The highest BCUT2D eigenvalue weighted by atomic mass is 16.5. The number of benzene rings is 2. The lowest BCUT2D eigenvalue weighted by Crippen LogP contribution is -2.28. The van der Waals surface area contributed by atoms with Crippen molar-refractivity contribution in [3.8, 4) is 0 Å². The number of methoxy groups -OCH3 is 1. The molecule has 0 aliphatic carbocycles. The molecule has 0 bridgehead atoms. The third-order valence-corrected chi connectivity index (χ3v) is 3.31. The van der Waals surface area contributed by atoms with Crippen molar-refractivity contribution in [2.75, 3.05) is 7.11 Å². The first-order valence-electron chi connectivity index (χ1n) is 6.83. The second-order valence-corrected chi connectivity index (χ2v) is 4.77. The van der Waals surface area contributed by atoms with E-state index in [1.54, 1.807) is 0 Å². The highest BCUT2D eigenvalue weighted by molar-refractivity contribution is 5.69. The van der Waals surface area contributed by atoms with E-state index in [1.165, 1.54) is 7.11 Å². The summed E-state index contributed by atoms with van der Waals surface area (Å²) in [5.74, 6) is 0. The minimum absolute atomic E-state index is 0.161. The van der Waals surface area contributed by atoms with Crippen LogP contribution in [-0.4, -0.2) is 13.2 Å². The molecule has 0 spiro atoms. The summed E-state index contributed by atoms with van der Waals surface area (Å²) in [7, 11) is 1.36. The number of hydrogen-bond donors (Lipinski definition) is 1. The van der Waals surface area contributed by atoms with Crippen molar-refractivity contribution in [1.82, 2.24) is 5.32 Å². The average molecular weight is 281 g/mol. The molecule has 0 fully saturated rings. The quantitative estimate of drug-likeness (QED) is 0.892. The molecule has 108 valence electrons. The van der Waals surface area contributed by atoms with Crippen molar-refractivity contribution in [2.24, 2.45) is 0 Å². The maximum atomic E-state index is 11.6. The first-order chi connectivity index (χ1) is 10.2. The molecule has 21 heavy (non-hydrogen) atoms. The zero-order valence-electron chi connectivity index (χ0n) is 12.1. The fraction of sp³-hybridized carbons (Fsp3) is 0.167. The van der Waals surface area contributed by atoms with E-state index < -0.39 is 6.09 Å². The van der Waals surface area contributed by atoms with Gasteiger partial charge in [0.05, 0.1) is 13.2 Å². The molecule has 0 aromatic heterocycles. The van der Waals surface area contributed by atoms with Gasteiger partial charge in [0.15, 0.2) is 0 Å². The summed E-state index contributed by atoms with van der Waals surface area (Å²) in [5.41, 5.74) is 3.07. The topological polar surface area (TPSA) is 38.3 Å². The summed E-state index contributed by atoms with van der Waals surface area (Å²) in [6, 6.07) is 19.6. The lowest BCUT2D eigenvalue weighted by molar-refractivity contribution is 0.167. The van der Waals surface area contributed by atoms with E-state index >= 15 is 0 Å². The minimum atomic E-state index is -0.440. The van der Waals surface area contributed by atoms with Crippen LogP contribution < -0.4 is 5.32 Å². The van der Waals surface area contributed by atoms with Gasteiger partial charge in [-0.15, -0.1) is 0 Å². The molecule has 0 aliphatic rings. The highest BCUT2D eigenvalue weighted by Crippen LogP contribution is 2.26. The maximum Gasteiger partial charge on any atom is 0.407 e. The Kier molecular flexibility index (Phi) is 5.16. The van der Waals surface area contributed by atoms with Crippen LogP contribution in [0.1, 0.15) is 23.6 Å². The SMILES string of the molecule is C=C(CC(NC(=O)OC)c1ccccc1)c1ccccc1. The molecule has 0 saturated heterocycles. The number of ether oxygens (including phenoxy) is 1. The lowest BCUT2D eigenvalue weighted by atomic mass is 9.95. The third-order valence-electron chi connectivity index (χ3n) is 3.31. The van der Waals surface area contributed by atoms with Crippen LogP contribution in [0.3, 0.4) is 0 Å². The molecule has 0 saturated carbocycles. The van der Waals surface area contributed by atoms with Crippen LogP contribution in [0.15, 0.2) is 67.2 Å². The van der Waals surface area contributed by atoms with E-state index in [9.17, 15) is 4.79 Å². The summed E-state index contributed by atoms with van der Waals surface area (Å²) in [6.07, 6.45) is 0.188. The first-order valence-corrected chi connectivity index (χ1v) is 6.83. The summed E-state index contributed by atoms with van der Waals surface area (Å²) < 4.78 is 4.71. The van der Waals surface area contributed by atoms with E-state index in [-0.39, 0.29) is 6.04 Å². The molecule has 0 radical (unpaired) electrons. The van der Waals surface area contributed by atoms with Gasteiger partial charge in [0, 0.05) is 0 Å². The highest BCUT2D eigenvalue weighted by Gasteiger charge is 2.16. The molecular weight excluding hydrogens is 262 g/mol. The number of hydrogen-bond acceptors (Lipinski definition) is 2. The smallest absolute Gasteiger partial charge is 0.407 e. The molecule has 3 nitrogen and oxygen atoms in total. The molecule has 2 rings (SSSR count). The Balaban J connectivity index is 2.16.